The molecule has 0 radical (unpaired) electrons. The van der Waals surface area contributed by atoms with Crippen LogP contribution in [0, 0.1) is 0 Å². The Kier molecular flexibility index (Phi) is 4.37. The van der Waals surface area contributed by atoms with Crippen molar-refractivity contribution in [1.29, 1.82) is 0 Å². The molecular formula is C12H6BrCl2N3S2. The lowest BCUT2D eigenvalue weighted by atomic mass is 10.3. The van der Waals surface area contributed by atoms with Crippen LogP contribution in [-0.2, 0) is 0 Å². The van der Waals surface area contributed by atoms with Crippen molar-refractivity contribution in [2.45, 2.75) is 9.50 Å². The van der Waals surface area contributed by atoms with Gasteiger partial charge in [-0.1, -0.05) is 23.2 Å². The van der Waals surface area contributed by atoms with Crippen molar-refractivity contribution in [3.63, 3.8) is 0 Å². The molecule has 3 rings (SSSR count). The molecule has 3 aromatic rings. The number of benzene rings is 1. The highest BCUT2D eigenvalue weighted by molar-refractivity contribution is 9.11. The Bertz CT molecular complexity index is 757. The van der Waals surface area contributed by atoms with E-state index in [4.69, 9.17) is 23.2 Å². The molecule has 3 nitrogen and oxygen atoms in total. The lowest BCUT2D eigenvalue weighted by Crippen LogP contribution is -1.95. The van der Waals surface area contributed by atoms with Gasteiger partial charge in [-0.25, -0.2) is 9.97 Å². The van der Waals surface area contributed by atoms with Gasteiger partial charge in [0.1, 0.15) is 0 Å². The molecule has 2 aromatic heterocycles. The summed E-state index contributed by atoms with van der Waals surface area (Å²) in [6.45, 7) is 0. The van der Waals surface area contributed by atoms with Crippen LogP contribution < -0.4 is 0 Å². The Hall–Kier alpha value is -0.530. The quantitative estimate of drug-likeness (QED) is 0.571. The first-order valence-electron chi connectivity index (χ1n) is 5.41. The first-order valence-corrected chi connectivity index (χ1v) is 8.59. The maximum atomic E-state index is 6.24. The monoisotopic (exact) mass is 405 g/mol. The zero-order valence-corrected chi connectivity index (χ0v) is 14.5. The summed E-state index contributed by atoms with van der Waals surface area (Å²) >= 11 is 18.6. The second kappa shape index (κ2) is 6.07. The average molecular weight is 407 g/mol. The highest BCUT2D eigenvalue weighted by Crippen LogP contribution is 2.34. The molecule has 2 heterocycles. The highest BCUT2D eigenvalue weighted by Gasteiger charge is 2.12. The SMILES string of the molecule is Clc1ccc(-n2ccnc2Sc2ncc(Br)s2)c(Cl)c1. The number of imidazole rings is 1. The fourth-order valence-corrected chi connectivity index (χ4v) is 4.64. The van der Waals surface area contributed by atoms with Gasteiger partial charge in [-0.3, -0.25) is 4.57 Å². The zero-order valence-electron chi connectivity index (χ0n) is 9.76. The van der Waals surface area contributed by atoms with Crippen LogP contribution in [0.15, 0.2) is 50.1 Å². The summed E-state index contributed by atoms with van der Waals surface area (Å²) in [6, 6.07) is 5.39. The van der Waals surface area contributed by atoms with Gasteiger partial charge in [-0.05, 0) is 45.9 Å². The van der Waals surface area contributed by atoms with Crippen LogP contribution in [0.3, 0.4) is 0 Å². The molecular weight excluding hydrogens is 401 g/mol. The third-order valence-corrected chi connectivity index (χ3v) is 5.48. The van der Waals surface area contributed by atoms with Gasteiger partial charge >= 0.3 is 0 Å². The van der Waals surface area contributed by atoms with Gasteiger partial charge in [-0.15, -0.1) is 11.3 Å². The highest BCUT2D eigenvalue weighted by atomic mass is 79.9. The Balaban J connectivity index is 1.97. The molecule has 0 unspecified atom stereocenters. The summed E-state index contributed by atoms with van der Waals surface area (Å²) in [7, 11) is 0. The van der Waals surface area contributed by atoms with Gasteiger partial charge in [0.25, 0.3) is 0 Å². The molecule has 0 bridgehead atoms. The van der Waals surface area contributed by atoms with Crippen LogP contribution in [0.5, 0.6) is 0 Å². The van der Waals surface area contributed by atoms with Gasteiger partial charge < -0.3 is 0 Å². The molecule has 1 aromatic carbocycles. The van der Waals surface area contributed by atoms with E-state index in [0.717, 1.165) is 19.0 Å². The van der Waals surface area contributed by atoms with Gasteiger partial charge in [0.2, 0.25) is 0 Å². The second-order valence-electron chi connectivity index (χ2n) is 3.71. The van der Waals surface area contributed by atoms with Crippen molar-refractivity contribution in [3.05, 3.63) is 50.6 Å². The molecule has 0 N–H and O–H groups in total. The minimum atomic E-state index is 0.581. The third kappa shape index (κ3) is 3.04. The maximum Gasteiger partial charge on any atom is 0.179 e. The van der Waals surface area contributed by atoms with Gasteiger partial charge in [0.15, 0.2) is 9.50 Å². The largest absolute Gasteiger partial charge is 0.293 e. The predicted octanol–water partition coefficient (Wildman–Crippen LogP) is 5.55. The lowest BCUT2D eigenvalue weighted by Gasteiger charge is -2.08. The summed E-state index contributed by atoms with van der Waals surface area (Å²) < 4.78 is 3.82. The van der Waals surface area contributed by atoms with Gasteiger partial charge in [-0.2, -0.15) is 0 Å². The van der Waals surface area contributed by atoms with Crippen LogP contribution in [0.1, 0.15) is 0 Å². The van der Waals surface area contributed by atoms with Crippen LogP contribution in [0.25, 0.3) is 5.69 Å². The molecule has 20 heavy (non-hydrogen) atoms. The predicted molar refractivity (Wildman–Crippen MR) is 87.5 cm³/mol. The molecule has 102 valence electrons. The number of rotatable bonds is 3. The standard InChI is InChI=1S/C12H6BrCl2N3S2/c13-10-6-17-12(19-10)20-11-16-3-4-18(11)9-2-1-7(14)5-8(9)15/h1-6H. The average Bonchev–Trinajstić information content (AvgIpc) is 3.00. The maximum absolute atomic E-state index is 6.24. The Morgan fingerprint density at radius 3 is 2.80 bits per heavy atom. The Morgan fingerprint density at radius 1 is 1.25 bits per heavy atom. The van der Waals surface area contributed by atoms with Crippen LogP contribution in [-0.4, -0.2) is 14.5 Å². The number of hydrogen-bond donors (Lipinski definition) is 0. The van der Waals surface area contributed by atoms with E-state index in [-0.39, 0.29) is 0 Å². The minimum Gasteiger partial charge on any atom is -0.293 e. The van der Waals surface area contributed by atoms with E-state index in [0.29, 0.717) is 10.0 Å². The molecule has 0 saturated carbocycles. The summed E-state index contributed by atoms with van der Waals surface area (Å²) in [4.78, 5) is 8.64. The van der Waals surface area contributed by atoms with Crippen LogP contribution >= 0.6 is 62.2 Å². The summed E-state index contributed by atoms with van der Waals surface area (Å²) in [5.41, 5.74) is 0.840. The number of halogens is 3. The van der Waals surface area contributed by atoms with Crippen molar-refractivity contribution in [3.8, 4) is 5.69 Å². The van der Waals surface area contributed by atoms with E-state index in [2.05, 4.69) is 25.9 Å². The Morgan fingerprint density at radius 2 is 2.10 bits per heavy atom. The smallest absolute Gasteiger partial charge is 0.179 e. The van der Waals surface area contributed by atoms with Crippen molar-refractivity contribution in [2.75, 3.05) is 0 Å². The number of aromatic nitrogens is 3. The third-order valence-electron chi connectivity index (χ3n) is 2.41. The van der Waals surface area contributed by atoms with Gasteiger partial charge in [0, 0.05) is 17.4 Å². The molecule has 0 fully saturated rings. The van der Waals surface area contributed by atoms with E-state index in [1.807, 2.05) is 16.8 Å². The molecule has 0 spiro atoms. The Labute approximate surface area is 142 Å². The van der Waals surface area contributed by atoms with Crippen molar-refractivity contribution < 1.29 is 0 Å². The van der Waals surface area contributed by atoms with Crippen molar-refractivity contribution >= 4 is 62.2 Å². The minimum absolute atomic E-state index is 0.581. The summed E-state index contributed by atoms with van der Waals surface area (Å²) in [6.07, 6.45) is 5.37. The fourth-order valence-electron chi connectivity index (χ4n) is 1.59. The molecule has 0 aliphatic heterocycles. The summed E-state index contributed by atoms with van der Waals surface area (Å²) in [5, 5.41) is 1.99. The zero-order chi connectivity index (χ0) is 14.1. The molecule has 0 aliphatic carbocycles. The number of nitrogens with zero attached hydrogens (tertiary/aromatic N) is 3. The lowest BCUT2D eigenvalue weighted by molar-refractivity contribution is 0.894. The van der Waals surface area contributed by atoms with E-state index in [9.17, 15) is 0 Å². The van der Waals surface area contributed by atoms with E-state index in [1.54, 1.807) is 35.9 Å². The normalized spacial score (nSPS) is 10.9. The van der Waals surface area contributed by atoms with Crippen LogP contribution in [0.4, 0.5) is 0 Å². The van der Waals surface area contributed by atoms with Crippen LogP contribution in [0.2, 0.25) is 10.0 Å². The topological polar surface area (TPSA) is 30.7 Å². The molecule has 0 atom stereocenters. The molecule has 0 saturated heterocycles. The van der Waals surface area contributed by atoms with Crippen molar-refractivity contribution in [2.24, 2.45) is 0 Å². The summed E-state index contributed by atoms with van der Waals surface area (Å²) in [5.74, 6) is 0. The van der Waals surface area contributed by atoms with Gasteiger partial charge in [0.05, 0.1) is 20.7 Å². The molecule has 0 aliphatic rings. The first-order chi connectivity index (χ1) is 9.63. The van der Waals surface area contributed by atoms with E-state index >= 15 is 0 Å². The molecule has 0 amide bonds. The first kappa shape index (κ1) is 14.4. The number of thiazole rings is 1. The fraction of sp³-hybridized carbons (Fsp3) is 0. The van der Waals surface area contributed by atoms with E-state index < -0.39 is 0 Å². The number of hydrogen-bond acceptors (Lipinski definition) is 4. The van der Waals surface area contributed by atoms with E-state index in [1.165, 1.54) is 11.8 Å². The second-order valence-corrected chi connectivity index (χ2v) is 8.18. The van der Waals surface area contributed by atoms with Crippen molar-refractivity contribution in [1.82, 2.24) is 14.5 Å². The molecule has 8 heteroatoms.